The molecule has 5 nitrogen and oxygen atoms in total. The zero-order chi connectivity index (χ0) is 27.7. The number of benzene rings is 3. The number of halogens is 2. The number of hydrogen-bond acceptors (Lipinski definition) is 3. The molecule has 1 N–H and O–H groups in total. The Bertz CT molecular complexity index is 1190. The lowest BCUT2D eigenvalue weighted by Crippen LogP contribution is -2.54. The summed E-state index contributed by atoms with van der Waals surface area (Å²) in [4.78, 5) is 29.0. The normalized spacial score (nSPS) is 12.1. The zero-order valence-electron chi connectivity index (χ0n) is 22.5. The molecule has 0 saturated heterocycles. The van der Waals surface area contributed by atoms with Crippen molar-refractivity contribution in [1.82, 2.24) is 10.2 Å². The van der Waals surface area contributed by atoms with E-state index in [0.717, 1.165) is 16.9 Å². The molecule has 3 aromatic carbocycles. The monoisotopic (exact) mass is 554 g/mol. The highest BCUT2D eigenvalue weighted by molar-refractivity contribution is 6.36. The van der Waals surface area contributed by atoms with Crippen molar-refractivity contribution in [2.24, 2.45) is 0 Å². The molecule has 3 rings (SSSR count). The summed E-state index contributed by atoms with van der Waals surface area (Å²) in [6.07, 6.45) is 1.07. The van der Waals surface area contributed by atoms with E-state index in [-0.39, 0.29) is 24.8 Å². The molecule has 0 aliphatic heterocycles. The number of rotatable bonds is 11. The molecular formula is C31H36Cl2N2O3. The van der Waals surface area contributed by atoms with Gasteiger partial charge in [0.25, 0.3) is 0 Å². The Balaban J connectivity index is 1.85. The minimum absolute atomic E-state index is 0.116. The maximum atomic E-state index is 13.7. The highest BCUT2D eigenvalue weighted by Gasteiger charge is 2.32. The molecule has 0 fully saturated rings. The average Bonchev–Trinajstić information content (AvgIpc) is 2.86. The van der Waals surface area contributed by atoms with Crippen molar-refractivity contribution in [3.63, 3.8) is 0 Å². The lowest BCUT2D eigenvalue weighted by Gasteiger charge is -2.34. The molecule has 0 heterocycles. The fraction of sp³-hybridized carbons (Fsp3) is 0.355. The minimum Gasteiger partial charge on any atom is -0.494 e. The van der Waals surface area contributed by atoms with Crippen LogP contribution >= 0.6 is 23.2 Å². The highest BCUT2D eigenvalue weighted by atomic mass is 35.5. The lowest BCUT2D eigenvalue weighted by molar-refractivity contribution is -0.142. The SMILES string of the molecule is Cc1ccc(OCCCC(=O)N(Cc2c(Cl)cccc2Cl)[C@@H](Cc2ccccc2)C(=O)NC(C)(C)C)cc1. The molecule has 7 heteroatoms. The predicted molar refractivity (Wildman–Crippen MR) is 155 cm³/mol. The summed E-state index contributed by atoms with van der Waals surface area (Å²) >= 11 is 13.0. The molecule has 1 atom stereocenters. The molecule has 0 radical (unpaired) electrons. The Labute approximate surface area is 236 Å². The summed E-state index contributed by atoms with van der Waals surface area (Å²) in [5.74, 6) is 0.363. The first-order valence-electron chi connectivity index (χ1n) is 12.8. The van der Waals surface area contributed by atoms with Gasteiger partial charge in [-0.15, -0.1) is 0 Å². The predicted octanol–water partition coefficient (Wildman–Crippen LogP) is 7.02. The van der Waals surface area contributed by atoms with Crippen LogP contribution in [0.25, 0.3) is 0 Å². The van der Waals surface area contributed by atoms with E-state index in [1.54, 1.807) is 23.1 Å². The molecule has 3 aromatic rings. The molecule has 0 aliphatic rings. The van der Waals surface area contributed by atoms with Gasteiger partial charge in [-0.2, -0.15) is 0 Å². The van der Waals surface area contributed by atoms with Crippen molar-refractivity contribution in [1.29, 1.82) is 0 Å². The molecule has 0 spiro atoms. The molecule has 0 aliphatic carbocycles. The van der Waals surface area contributed by atoms with Crippen LogP contribution in [0.2, 0.25) is 10.0 Å². The zero-order valence-corrected chi connectivity index (χ0v) is 24.0. The number of ether oxygens (including phenoxy) is 1. The van der Waals surface area contributed by atoms with Crippen LogP contribution in [0.1, 0.15) is 50.3 Å². The van der Waals surface area contributed by atoms with Crippen molar-refractivity contribution in [3.05, 3.63) is 99.5 Å². The van der Waals surface area contributed by atoms with Crippen LogP contribution in [0.4, 0.5) is 0 Å². The van der Waals surface area contributed by atoms with Crippen molar-refractivity contribution < 1.29 is 14.3 Å². The average molecular weight is 556 g/mol. The summed E-state index contributed by atoms with van der Waals surface area (Å²) in [7, 11) is 0. The first-order valence-corrected chi connectivity index (χ1v) is 13.6. The number of carbonyl (C=O) groups excluding carboxylic acids is 2. The van der Waals surface area contributed by atoms with Gasteiger partial charge < -0.3 is 15.0 Å². The smallest absolute Gasteiger partial charge is 0.243 e. The van der Waals surface area contributed by atoms with Gasteiger partial charge in [0, 0.05) is 40.5 Å². The summed E-state index contributed by atoms with van der Waals surface area (Å²) in [6, 6.07) is 22.0. The van der Waals surface area contributed by atoms with Crippen LogP contribution < -0.4 is 10.1 Å². The fourth-order valence-corrected chi connectivity index (χ4v) is 4.57. The van der Waals surface area contributed by atoms with E-state index in [1.165, 1.54) is 0 Å². The van der Waals surface area contributed by atoms with Crippen molar-refractivity contribution in [3.8, 4) is 5.75 Å². The van der Waals surface area contributed by atoms with Crippen LogP contribution in [0.3, 0.4) is 0 Å². The Morgan fingerprint density at radius 3 is 2.16 bits per heavy atom. The van der Waals surface area contributed by atoms with Gasteiger partial charge >= 0.3 is 0 Å². The number of amides is 2. The van der Waals surface area contributed by atoms with E-state index in [9.17, 15) is 9.59 Å². The molecule has 0 aromatic heterocycles. The highest BCUT2D eigenvalue weighted by Crippen LogP contribution is 2.28. The Kier molecular flexibility index (Phi) is 10.6. The number of aryl methyl sites for hydroxylation is 1. The number of hydrogen-bond donors (Lipinski definition) is 1. The van der Waals surface area contributed by atoms with Crippen molar-refractivity contribution in [2.75, 3.05) is 6.61 Å². The van der Waals surface area contributed by atoms with Gasteiger partial charge in [-0.05, 0) is 63.9 Å². The van der Waals surface area contributed by atoms with Crippen LogP contribution in [0.5, 0.6) is 5.75 Å². The second kappa shape index (κ2) is 13.7. The molecule has 38 heavy (non-hydrogen) atoms. The van der Waals surface area contributed by atoms with Gasteiger partial charge in [0.15, 0.2) is 0 Å². The number of nitrogens with one attached hydrogen (secondary N) is 1. The first kappa shape index (κ1) is 29.5. The minimum atomic E-state index is -0.755. The second-order valence-electron chi connectivity index (χ2n) is 10.4. The van der Waals surface area contributed by atoms with Crippen LogP contribution in [-0.2, 0) is 22.6 Å². The second-order valence-corrected chi connectivity index (χ2v) is 11.2. The van der Waals surface area contributed by atoms with E-state index in [2.05, 4.69) is 5.32 Å². The summed E-state index contributed by atoms with van der Waals surface area (Å²) in [5, 5.41) is 3.96. The Hall–Kier alpha value is -3.02. The molecular weight excluding hydrogens is 519 g/mol. The van der Waals surface area contributed by atoms with Gasteiger partial charge in [-0.25, -0.2) is 0 Å². The van der Waals surface area contributed by atoms with E-state index in [1.807, 2.05) is 82.3 Å². The van der Waals surface area contributed by atoms with Crippen LogP contribution in [0, 0.1) is 6.92 Å². The third-order valence-electron chi connectivity index (χ3n) is 5.98. The largest absolute Gasteiger partial charge is 0.494 e. The summed E-state index contributed by atoms with van der Waals surface area (Å²) < 4.78 is 5.82. The quantitative estimate of drug-likeness (QED) is 0.259. The third kappa shape index (κ3) is 9.07. The molecule has 202 valence electrons. The van der Waals surface area contributed by atoms with E-state index >= 15 is 0 Å². The maximum absolute atomic E-state index is 13.7. The molecule has 2 amide bonds. The van der Waals surface area contributed by atoms with Crippen LogP contribution in [0.15, 0.2) is 72.8 Å². The Morgan fingerprint density at radius 2 is 1.55 bits per heavy atom. The van der Waals surface area contributed by atoms with E-state index in [4.69, 9.17) is 27.9 Å². The Morgan fingerprint density at radius 1 is 0.921 bits per heavy atom. The molecule has 0 unspecified atom stereocenters. The maximum Gasteiger partial charge on any atom is 0.243 e. The van der Waals surface area contributed by atoms with E-state index in [0.29, 0.717) is 35.1 Å². The van der Waals surface area contributed by atoms with Crippen molar-refractivity contribution >= 4 is 35.0 Å². The van der Waals surface area contributed by atoms with Crippen molar-refractivity contribution in [2.45, 2.75) is 65.1 Å². The number of nitrogens with zero attached hydrogens (tertiary/aromatic N) is 1. The van der Waals surface area contributed by atoms with Gasteiger partial charge in [0.1, 0.15) is 11.8 Å². The third-order valence-corrected chi connectivity index (χ3v) is 6.69. The lowest BCUT2D eigenvalue weighted by atomic mass is 10.00. The van der Waals surface area contributed by atoms with E-state index < -0.39 is 11.6 Å². The van der Waals surface area contributed by atoms with Gasteiger partial charge in [-0.3, -0.25) is 9.59 Å². The first-order chi connectivity index (χ1) is 18.0. The molecule has 0 saturated carbocycles. The molecule has 0 bridgehead atoms. The van der Waals surface area contributed by atoms with Crippen LogP contribution in [-0.4, -0.2) is 34.9 Å². The standard InChI is InChI=1S/C31H36Cl2N2O3/c1-22-15-17-24(18-16-22)38-19-9-14-29(36)35(21-25-26(32)12-8-13-27(25)33)28(30(37)34-31(2,3)4)20-23-10-6-5-7-11-23/h5-8,10-13,15-18,28H,9,14,19-21H2,1-4H3,(H,34,37)/t28-/m0/s1. The van der Waals surface area contributed by atoms with Gasteiger partial charge in [-0.1, -0.05) is 77.3 Å². The number of carbonyl (C=O) groups is 2. The van der Waals surface area contributed by atoms with Gasteiger partial charge in [0.05, 0.1) is 6.61 Å². The summed E-state index contributed by atoms with van der Waals surface area (Å²) in [5.41, 5.74) is 2.25. The topological polar surface area (TPSA) is 58.6 Å². The fourth-order valence-electron chi connectivity index (χ4n) is 4.05. The van der Waals surface area contributed by atoms with Gasteiger partial charge in [0.2, 0.25) is 11.8 Å². The summed E-state index contributed by atoms with van der Waals surface area (Å²) in [6.45, 7) is 8.28.